The Balaban J connectivity index is 2.22. The monoisotopic (exact) mass is 443 g/mol. The molecular formula is C21H17NO8S. The summed E-state index contributed by atoms with van der Waals surface area (Å²) in [7, 11) is -3.90. The molecule has 3 rings (SSSR count). The maximum absolute atomic E-state index is 12.8. The molecule has 1 aromatic heterocycles. The van der Waals surface area contributed by atoms with Gasteiger partial charge < -0.3 is 19.9 Å². The van der Waals surface area contributed by atoms with Crippen molar-refractivity contribution in [1.82, 2.24) is 0 Å². The molecule has 1 amide bonds. The number of aldehydes is 1. The lowest BCUT2D eigenvalue weighted by Crippen LogP contribution is -2.20. The summed E-state index contributed by atoms with van der Waals surface area (Å²) in [6, 6.07) is 11.6. The second kappa shape index (κ2) is 8.94. The molecule has 0 saturated carbocycles. The normalized spacial score (nSPS) is 11.1. The van der Waals surface area contributed by atoms with E-state index in [0.29, 0.717) is 6.29 Å². The molecule has 10 heteroatoms. The van der Waals surface area contributed by atoms with Gasteiger partial charge in [0.05, 0.1) is 28.2 Å². The molecule has 0 radical (unpaired) electrons. The number of amides is 1. The number of nitrogens with one attached hydrogen (secondary N) is 1. The van der Waals surface area contributed by atoms with Crippen molar-refractivity contribution in [2.45, 2.75) is 10.6 Å². The molecule has 0 unspecified atom stereocenters. The molecule has 0 bridgehead atoms. The van der Waals surface area contributed by atoms with Gasteiger partial charge in [0.2, 0.25) is 5.91 Å². The van der Waals surface area contributed by atoms with Gasteiger partial charge in [0.15, 0.2) is 21.9 Å². The zero-order chi connectivity index (χ0) is 22.6. The number of hydrogen-bond acceptors (Lipinski definition) is 7. The number of aromatic carboxylic acids is 1. The molecule has 3 N–H and O–H groups in total. The molecule has 3 aromatic rings. The summed E-state index contributed by atoms with van der Waals surface area (Å²) in [6.07, 6.45) is 1.63. The van der Waals surface area contributed by atoms with Crippen LogP contribution in [0.3, 0.4) is 0 Å². The third-order valence-corrected chi connectivity index (χ3v) is 6.14. The van der Waals surface area contributed by atoms with Crippen LogP contribution in [0.4, 0.5) is 5.69 Å². The average Bonchev–Trinajstić information content (AvgIpc) is 3.22. The van der Waals surface area contributed by atoms with Crippen molar-refractivity contribution in [2.24, 2.45) is 0 Å². The SMILES string of the molecule is O=Cc1occc1-c1ccc(CS(=O)(=O)c2ccccc2)c(C(=O)O)c1NC(=O)CO. The van der Waals surface area contributed by atoms with Crippen molar-refractivity contribution in [3.8, 4) is 11.1 Å². The molecule has 0 aliphatic rings. The van der Waals surface area contributed by atoms with E-state index in [9.17, 15) is 27.9 Å². The van der Waals surface area contributed by atoms with E-state index in [1.165, 1.54) is 36.6 Å². The van der Waals surface area contributed by atoms with E-state index in [0.717, 1.165) is 0 Å². The summed E-state index contributed by atoms with van der Waals surface area (Å²) < 4.78 is 30.6. The van der Waals surface area contributed by atoms with E-state index in [1.807, 2.05) is 0 Å². The van der Waals surface area contributed by atoms with Gasteiger partial charge in [-0.1, -0.05) is 30.3 Å². The van der Waals surface area contributed by atoms with Crippen LogP contribution >= 0.6 is 0 Å². The Morgan fingerprint density at radius 3 is 2.35 bits per heavy atom. The predicted molar refractivity (Wildman–Crippen MR) is 110 cm³/mol. The van der Waals surface area contributed by atoms with Crippen LogP contribution in [0.25, 0.3) is 11.1 Å². The fourth-order valence-corrected chi connectivity index (χ4v) is 4.48. The van der Waals surface area contributed by atoms with Gasteiger partial charge in [-0.25, -0.2) is 13.2 Å². The zero-order valence-corrected chi connectivity index (χ0v) is 16.8. The number of anilines is 1. The summed E-state index contributed by atoms with van der Waals surface area (Å²) in [5.74, 6) is -3.17. The van der Waals surface area contributed by atoms with Crippen LogP contribution in [0.15, 0.2) is 64.1 Å². The summed E-state index contributed by atoms with van der Waals surface area (Å²) in [5, 5.41) is 21.3. The van der Waals surface area contributed by atoms with Gasteiger partial charge in [-0.05, 0) is 23.8 Å². The van der Waals surface area contributed by atoms with Gasteiger partial charge in [0, 0.05) is 11.1 Å². The smallest absolute Gasteiger partial charge is 0.338 e. The Labute approximate surface area is 176 Å². The minimum Gasteiger partial charge on any atom is -0.478 e. The Hall–Kier alpha value is -3.76. The van der Waals surface area contributed by atoms with E-state index >= 15 is 0 Å². The summed E-state index contributed by atoms with van der Waals surface area (Å²) in [4.78, 5) is 35.3. The number of sulfone groups is 1. The minimum atomic E-state index is -3.90. The number of hydrogen-bond donors (Lipinski definition) is 3. The van der Waals surface area contributed by atoms with E-state index in [1.54, 1.807) is 18.2 Å². The van der Waals surface area contributed by atoms with E-state index in [4.69, 9.17) is 9.52 Å². The Kier molecular flexibility index (Phi) is 6.33. The highest BCUT2D eigenvalue weighted by Crippen LogP contribution is 2.36. The first-order chi connectivity index (χ1) is 14.8. The van der Waals surface area contributed by atoms with E-state index in [2.05, 4.69) is 5.32 Å². The highest BCUT2D eigenvalue weighted by molar-refractivity contribution is 7.90. The van der Waals surface area contributed by atoms with Crippen LogP contribution in [-0.4, -0.2) is 43.4 Å². The minimum absolute atomic E-state index is 0.00874. The number of aliphatic hydroxyl groups excluding tert-OH is 1. The largest absolute Gasteiger partial charge is 0.478 e. The number of carbonyl (C=O) groups is 3. The van der Waals surface area contributed by atoms with Crippen molar-refractivity contribution in [3.05, 3.63) is 71.7 Å². The van der Waals surface area contributed by atoms with Crippen LogP contribution in [0.2, 0.25) is 0 Å². The van der Waals surface area contributed by atoms with Crippen molar-refractivity contribution in [2.75, 3.05) is 11.9 Å². The number of carboxylic acid groups (broad SMARTS) is 1. The number of benzene rings is 2. The van der Waals surface area contributed by atoms with Crippen LogP contribution < -0.4 is 5.32 Å². The van der Waals surface area contributed by atoms with Gasteiger partial charge in [0.25, 0.3) is 0 Å². The first kappa shape index (κ1) is 21.9. The molecule has 160 valence electrons. The maximum atomic E-state index is 12.8. The molecule has 0 spiro atoms. The van der Waals surface area contributed by atoms with E-state index < -0.39 is 39.6 Å². The average molecular weight is 443 g/mol. The lowest BCUT2D eigenvalue weighted by atomic mass is 9.96. The molecule has 0 aliphatic heterocycles. The second-order valence-electron chi connectivity index (χ2n) is 6.42. The topological polar surface area (TPSA) is 151 Å². The number of aliphatic hydroxyl groups is 1. The number of carbonyl (C=O) groups excluding carboxylic acids is 2. The summed E-state index contributed by atoms with van der Waals surface area (Å²) in [6.45, 7) is -0.934. The number of rotatable bonds is 8. The molecular weight excluding hydrogens is 426 g/mol. The van der Waals surface area contributed by atoms with Gasteiger partial charge >= 0.3 is 5.97 Å². The van der Waals surface area contributed by atoms with Gasteiger partial charge in [-0.3, -0.25) is 9.59 Å². The van der Waals surface area contributed by atoms with Crippen molar-refractivity contribution < 1.29 is 37.4 Å². The zero-order valence-electron chi connectivity index (χ0n) is 15.9. The van der Waals surface area contributed by atoms with Crippen molar-refractivity contribution in [3.63, 3.8) is 0 Å². The molecule has 0 atom stereocenters. The first-order valence-corrected chi connectivity index (χ1v) is 10.5. The first-order valence-electron chi connectivity index (χ1n) is 8.89. The van der Waals surface area contributed by atoms with Gasteiger partial charge in [-0.15, -0.1) is 0 Å². The number of carboxylic acids is 1. The fourth-order valence-electron chi connectivity index (χ4n) is 3.09. The molecule has 2 aromatic carbocycles. The predicted octanol–water partition coefficient (Wildman–Crippen LogP) is 2.36. The lowest BCUT2D eigenvalue weighted by molar-refractivity contribution is -0.118. The Bertz CT molecular complexity index is 1250. The third kappa shape index (κ3) is 4.55. The van der Waals surface area contributed by atoms with E-state index in [-0.39, 0.29) is 33.0 Å². The van der Waals surface area contributed by atoms with Crippen LogP contribution in [0.5, 0.6) is 0 Å². The highest BCUT2D eigenvalue weighted by atomic mass is 32.2. The molecule has 1 heterocycles. The van der Waals surface area contributed by atoms with Gasteiger partial charge in [0.1, 0.15) is 6.61 Å². The van der Waals surface area contributed by atoms with Crippen molar-refractivity contribution >= 4 is 33.7 Å². The maximum Gasteiger partial charge on any atom is 0.338 e. The second-order valence-corrected chi connectivity index (χ2v) is 8.41. The van der Waals surface area contributed by atoms with Crippen LogP contribution in [-0.2, 0) is 20.4 Å². The molecule has 9 nitrogen and oxygen atoms in total. The molecule has 0 fully saturated rings. The fraction of sp³-hybridized carbons (Fsp3) is 0.0952. The molecule has 0 aliphatic carbocycles. The highest BCUT2D eigenvalue weighted by Gasteiger charge is 2.26. The van der Waals surface area contributed by atoms with Crippen LogP contribution in [0.1, 0.15) is 26.5 Å². The van der Waals surface area contributed by atoms with Gasteiger partial charge in [-0.2, -0.15) is 0 Å². The molecule has 0 saturated heterocycles. The third-order valence-electron chi connectivity index (χ3n) is 4.45. The standard InChI is InChI=1S/C21H17NO8S/c23-10-17-15(8-9-30-17)16-7-6-13(12-31(28,29)14-4-2-1-3-5-14)19(21(26)27)20(16)22-18(25)11-24/h1-10,24H,11-12H2,(H,22,25)(H,26,27). The quantitative estimate of drug-likeness (QED) is 0.449. The Morgan fingerprint density at radius 1 is 1.03 bits per heavy atom. The van der Waals surface area contributed by atoms with Crippen LogP contribution in [0, 0.1) is 0 Å². The number of furan rings is 1. The Morgan fingerprint density at radius 2 is 1.74 bits per heavy atom. The molecule has 31 heavy (non-hydrogen) atoms. The summed E-state index contributed by atoms with van der Waals surface area (Å²) >= 11 is 0. The summed E-state index contributed by atoms with van der Waals surface area (Å²) in [5.41, 5.74) is -0.489. The van der Waals surface area contributed by atoms with Crippen molar-refractivity contribution in [1.29, 1.82) is 0 Å². The lowest BCUT2D eigenvalue weighted by Gasteiger charge is -2.17.